The Morgan fingerprint density at radius 1 is 1.33 bits per heavy atom. The van der Waals surface area contributed by atoms with Crippen molar-refractivity contribution in [3.05, 3.63) is 17.8 Å². The molecule has 11 heteroatoms. The summed E-state index contributed by atoms with van der Waals surface area (Å²) in [4.78, 5) is 26.9. The average molecular weight is 366 g/mol. The van der Waals surface area contributed by atoms with Gasteiger partial charge in [0.05, 0.1) is 6.61 Å². The molecule has 0 unspecified atom stereocenters. The van der Waals surface area contributed by atoms with Crippen molar-refractivity contribution in [2.24, 2.45) is 0 Å². The van der Waals surface area contributed by atoms with E-state index in [1.807, 2.05) is 0 Å². The van der Waals surface area contributed by atoms with E-state index in [2.05, 4.69) is 20.9 Å². The summed E-state index contributed by atoms with van der Waals surface area (Å²) < 4.78 is 40.5. The lowest BCUT2D eigenvalue weighted by atomic mass is 10.4. The lowest BCUT2D eigenvalue weighted by molar-refractivity contribution is -0.117. The normalized spacial score (nSPS) is 11.4. The highest BCUT2D eigenvalue weighted by atomic mass is 32.1. The van der Waals surface area contributed by atoms with Crippen LogP contribution in [0.5, 0.6) is 0 Å². The highest BCUT2D eigenvalue weighted by Crippen LogP contribution is 2.28. The first-order chi connectivity index (χ1) is 11.3. The summed E-state index contributed by atoms with van der Waals surface area (Å²) in [5.74, 6) is -1.41. The molecule has 7 nitrogen and oxygen atoms in total. The van der Waals surface area contributed by atoms with Crippen LogP contribution in [0.3, 0.4) is 0 Å². The number of alkyl halides is 3. The molecule has 0 bridgehead atoms. The molecule has 0 atom stereocenters. The zero-order chi connectivity index (χ0) is 18.2. The zero-order valence-corrected chi connectivity index (χ0v) is 13.8. The van der Waals surface area contributed by atoms with Gasteiger partial charge in [0.15, 0.2) is 10.8 Å². The van der Waals surface area contributed by atoms with Gasteiger partial charge in [-0.3, -0.25) is 4.79 Å². The van der Waals surface area contributed by atoms with Crippen molar-refractivity contribution < 1.29 is 27.5 Å². The molecule has 1 heterocycles. The minimum atomic E-state index is -4.52. The summed E-state index contributed by atoms with van der Waals surface area (Å²) in [5, 5.41) is 8.91. The summed E-state index contributed by atoms with van der Waals surface area (Å²) in [6.45, 7) is 2.22. The lowest BCUT2D eigenvalue weighted by Gasteiger charge is -2.03. The number of esters is 1. The molecule has 24 heavy (non-hydrogen) atoms. The molecule has 0 saturated heterocycles. The first kappa shape index (κ1) is 19.7. The second kappa shape index (κ2) is 9.11. The maximum absolute atomic E-state index is 11.9. The molecular weight excluding hydrogens is 349 g/mol. The Bertz CT molecular complexity index is 602. The van der Waals surface area contributed by atoms with Crippen LogP contribution in [-0.4, -0.2) is 49.8 Å². The van der Waals surface area contributed by atoms with Gasteiger partial charge in [-0.15, -0.1) is 0 Å². The van der Waals surface area contributed by atoms with Crippen LogP contribution < -0.4 is 16.0 Å². The number of carbonyl (C=O) groups excluding carboxylic acids is 2. The zero-order valence-electron chi connectivity index (χ0n) is 13.0. The van der Waals surface area contributed by atoms with E-state index in [4.69, 9.17) is 4.74 Å². The van der Waals surface area contributed by atoms with E-state index in [0.717, 1.165) is 0 Å². The van der Waals surface area contributed by atoms with Crippen LogP contribution in [0, 0.1) is 0 Å². The van der Waals surface area contributed by atoms with Crippen molar-refractivity contribution in [3.63, 3.8) is 0 Å². The summed E-state index contributed by atoms with van der Waals surface area (Å²) in [7, 11) is 1.63. The maximum Gasteiger partial charge on any atom is 0.409 e. The molecule has 1 rings (SSSR count). The van der Waals surface area contributed by atoms with Crippen LogP contribution in [0.25, 0.3) is 0 Å². The monoisotopic (exact) mass is 366 g/mol. The number of nitrogens with one attached hydrogen (secondary N) is 3. The third-order valence-corrected chi connectivity index (χ3v) is 3.48. The molecule has 134 valence electrons. The SMILES string of the molecule is CCOC(=O)c1nc(NCCNC(=O)/C=C/C(F)(F)F)sc1NC. The number of hydrogen-bond donors (Lipinski definition) is 3. The minimum absolute atomic E-state index is 0.0875. The minimum Gasteiger partial charge on any atom is -0.461 e. The molecule has 0 aliphatic carbocycles. The van der Waals surface area contributed by atoms with E-state index in [9.17, 15) is 22.8 Å². The number of anilines is 2. The van der Waals surface area contributed by atoms with Gasteiger partial charge < -0.3 is 20.7 Å². The maximum atomic E-state index is 11.9. The number of aromatic nitrogens is 1. The Morgan fingerprint density at radius 3 is 2.62 bits per heavy atom. The molecule has 1 aromatic rings. The molecule has 0 saturated carbocycles. The average Bonchev–Trinajstić information content (AvgIpc) is 2.92. The fourth-order valence-electron chi connectivity index (χ4n) is 1.49. The molecule has 1 amide bonds. The second-order valence-electron chi connectivity index (χ2n) is 4.26. The fraction of sp³-hybridized carbons (Fsp3) is 0.462. The summed E-state index contributed by atoms with van der Waals surface area (Å²) in [5.41, 5.74) is 0.143. The Balaban J connectivity index is 2.47. The largest absolute Gasteiger partial charge is 0.461 e. The quantitative estimate of drug-likeness (QED) is 0.370. The topological polar surface area (TPSA) is 92.3 Å². The van der Waals surface area contributed by atoms with Crippen LogP contribution >= 0.6 is 11.3 Å². The molecule has 0 aromatic carbocycles. The van der Waals surface area contributed by atoms with Crippen molar-refractivity contribution in [2.75, 3.05) is 37.4 Å². The van der Waals surface area contributed by atoms with Gasteiger partial charge in [0.1, 0.15) is 5.00 Å². The van der Waals surface area contributed by atoms with E-state index in [0.29, 0.717) is 16.2 Å². The number of thiazole rings is 1. The summed E-state index contributed by atoms with van der Waals surface area (Å²) in [6.07, 6.45) is -4.24. The molecule has 0 spiro atoms. The smallest absolute Gasteiger partial charge is 0.409 e. The van der Waals surface area contributed by atoms with Gasteiger partial charge in [-0.25, -0.2) is 9.78 Å². The van der Waals surface area contributed by atoms with E-state index in [-0.39, 0.29) is 31.5 Å². The van der Waals surface area contributed by atoms with Crippen molar-refractivity contribution in [1.29, 1.82) is 0 Å². The highest BCUT2D eigenvalue weighted by molar-refractivity contribution is 7.19. The highest BCUT2D eigenvalue weighted by Gasteiger charge is 2.22. The standard InChI is InChI=1S/C13H17F3N4O3S/c1-3-23-11(22)9-10(17-2)24-12(20-9)19-7-6-18-8(21)4-5-13(14,15)16/h4-5,17H,3,6-7H2,1-2H3,(H,18,21)(H,19,20)/b5-4+. The van der Waals surface area contributed by atoms with Crippen molar-refractivity contribution >= 4 is 33.3 Å². The van der Waals surface area contributed by atoms with E-state index in [1.165, 1.54) is 11.3 Å². The number of allylic oxidation sites excluding steroid dienone is 1. The molecule has 0 fully saturated rings. The van der Waals surface area contributed by atoms with Gasteiger partial charge >= 0.3 is 12.1 Å². The van der Waals surface area contributed by atoms with Gasteiger partial charge in [-0.05, 0) is 6.92 Å². The first-order valence-corrected chi connectivity index (χ1v) is 7.71. The van der Waals surface area contributed by atoms with Gasteiger partial charge in [-0.2, -0.15) is 13.2 Å². The Labute approximate surface area is 140 Å². The third kappa shape index (κ3) is 6.86. The summed E-state index contributed by atoms with van der Waals surface area (Å²) in [6, 6.07) is 0. The molecule has 3 N–H and O–H groups in total. The Morgan fingerprint density at radius 2 is 2.04 bits per heavy atom. The van der Waals surface area contributed by atoms with Crippen LogP contribution in [0.4, 0.5) is 23.3 Å². The van der Waals surface area contributed by atoms with Gasteiger partial charge in [0.25, 0.3) is 0 Å². The molecule has 0 radical (unpaired) electrons. The van der Waals surface area contributed by atoms with Crippen molar-refractivity contribution in [3.8, 4) is 0 Å². The van der Waals surface area contributed by atoms with Gasteiger partial charge in [0.2, 0.25) is 5.91 Å². The third-order valence-electron chi connectivity index (χ3n) is 2.45. The van der Waals surface area contributed by atoms with Crippen LogP contribution in [0.15, 0.2) is 12.2 Å². The van der Waals surface area contributed by atoms with E-state index >= 15 is 0 Å². The van der Waals surface area contributed by atoms with Gasteiger partial charge in [0, 0.05) is 32.3 Å². The van der Waals surface area contributed by atoms with Gasteiger partial charge in [-0.1, -0.05) is 11.3 Å². The number of hydrogen-bond acceptors (Lipinski definition) is 7. The Kier molecular flexibility index (Phi) is 7.49. The van der Waals surface area contributed by atoms with Crippen LogP contribution in [-0.2, 0) is 9.53 Å². The number of amides is 1. The molecular formula is C13H17F3N4O3S. The first-order valence-electron chi connectivity index (χ1n) is 6.90. The van der Waals surface area contributed by atoms with Crippen molar-refractivity contribution in [1.82, 2.24) is 10.3 Å². The van der Waals surface area contributed by atoms with Crippen LogP contribution in [0.2, 0.25) is 0 Å². The number of ether oxygens (including phenoxy) is 1. The lowest BCUT2D eigenvalue weighted by Crippen LogP contribution is -2.27. The predicted octanol–water partition coefficient (Wildman–Crippen LogP) is 2.01. The second-order valence-corrected chi connectivity index (χ2v) is 5.26. The molecule has 0 aliphatic rings. The number of carbonyl (C=O) groups is 2. The van der Waals surface area contributed by atoms with E-state index in [1.54, 1.807) is 14.0 Å². The fourth-order valence-corrected chi connectivity index (χ4v) is 2.32. The number of halogens is 3. The van der Waals surface area contributed by atoms with E-state index < -0.39 is 18.1 Å². The Hall–Kier alpha value is -2.30. The molecule has 1 aromatic heterocycles. The summed E-state index contributed by atoms with van der Waals surface area (Å²) >= 11 is 1.18. The molecule has 0 aliphatic heterocycles. The van der Waals surface area contributed by atoms with Crippen LogP contribution in [0.1, 0.15) is 17.4 Å². The predicted molar refractivity (Wildman–Crippen MR) is 84.3 cm³/mol. The van der Waals surface area contributed by atoms with Crippen molar-refractivity contribution in [2.45, 2.75) is 13.1 Å². The number of nitrogens with zero attached hydrogens (tertiary/aromatic N) is 1. The number of rotatable bonds is 8.